The third kappa shape index (κ3) is 3.35. The molecule has 0 amide bonds. The van der Waals surface area contributed by atoms with E-state index in [1.165, 1.54) is 11.1 Å². The lowest BCUT2D eigenvalue weighted by Gasteiger charge is -2.14. The van der Waals surface area contributed by atoms with Crippen molar-refractivity contribution >= 4 is 0 Å². The fourth-order valence-corrected chi connectivity index (χ4v) is 2.26. The highest BCUT2D eigenvalue weighted by Crippen LogP contribution is 2.21. The largest absolute Gasteiger partial charge is 0.305 e. The average molecular weight is 278 g/mol. The van der Waals surface area contributed by atoms with Crippen molar-refractivity contribution < 1.29 is 0 Å². The van der Waals surface area contributed by atoms with Crippen LogP contribution in [0.3, 0.4) is 0 Å². The summed E-state index contributed by atoms with van der Waals surface area (Å²) in [6.07, 6.45) is 5.44. The maximum Gasteiger partial charge on any atom is 0.0490 e. The zero-order valence-electron chi connectivity index (χ0n) is 12.0. The van der Waals surface area contributed by atoms with Crippen LogP contribution in [0.5, 0.6) is 0 Å². The van der Waals surface area contributed by atoms with Crippen LogP contribution in [-0.2, 0) is 6.54 Å². The molecule has 0 aliphatic heterocycles. The van der Waals surface area contributed by atoms with Gasteiger partial charge in [-0.15, -0.1) is 0 Å². The highest BCUT2D eigenvalue weighted by Gasteiger charge is 2.06. The summed E-state index contributed by atoms with van der Waals surface area (Å²) in [5, 5.41) is 10.4. The Labute approximate surface area is 124 Å². The molecule has 0 radical (unpaired) electrons. The minimum atomic E-state index is 0.288. The molecule has 4 nitrogen and oxygen atoms in total. The molecule has 2 aromatic heterocycles. The zero-order chi connectivity index (χ0) is 14.5. The monoisotopic (exact) mass is 278 g/mol. The van der Waals surface area contributed by atoms with Crippen molar-refractivity contribution in [2.45, 2.75) is 19.5 Å². The van der Waals surface area contributed by atoms with Gasteiger partial charge in [-0.25, -0.2) is 0 Å². The molecule has 21 heavy (non-hydrogen) atoms. The third-order valence-corrected chi connectivity index (χ3v) is 3.56. The minimum Gasteiger partial charge on any atom is -0.305 e. The Kier molecular flexibility index (Phi) is 4.07. The molecule has 2 N–H and O–H groups in total. The van der Waals surface area contributed by atoms with Gasteiger partial charge < -0.3 is 5.32 Å². The molecule has 0 saturated heterocycles. The summed E-state index contributed by atoms with van der Waals surface area (Å²) >= 11 is 0. The van der Waals surface area contributed by atoms with Crippen molar-refractivity contribution in [3.05, 3.63) is 72.3 Å². The summed E-state index contributed by atoms with van der Waals surface area (Å²) in [5.74, 6) is 0. The van der Waals surface area contributed by atoms with Crippen LogP contribution in [0.15, 0.2) is 61.1 Å². The van der Waals surface area contributed by atoms with Gasteiger partial charge in [0.1, 0.15) is 0 Å². The normalized spacial score (nSPS) is 12.2. The number of pyridine rings is 1. The predicted octanol–water partition coefficient (Wildman–Crippen LogP) is 3.32. The van der Waals surface area contributed by atoms with Crippen LogP contribution >= 0.6 is 0 Å². The Bertz CT molecular complexity index is 660. The lowest BCUT2D eigenvalue weighted by atomic mass is 10.0. The SMILES string of the molecule is C[C@@H](NCc1ccn[nH]1)c1ccc(-c2cccnc2)cc1. The number of H-pyrrole nitrogens is 1. The topological polar surface area (TPSA) is 53.6 Å². The fraction of sp³-hybridized carbons (Fsp3) is 0.176. The van der Waals surface area contributed by atoms with Gasteiger partial charge in [-0.05, 0) is 35.7 Å². The number of aromatic nitrogens is 3. The molecule has 0 aliphatic rings. The number of hydrogen-bond donors (Lipinski definition) is 2. The van der Waals surface area contributed by atoms with Crippen molar-refractivity contribution in [2.75, 3.05) is 0 Å². The second kappa shape index (κ2) is 6.33. The van der Waals surface area contributed by atoms with E-state index in [-0.39, 0.29) is 6.04 Å². The van der Waals surface area contributed by atoms with Crippen LogP contribution in [-0.4, -0.2) is 15.2 Å². The summed E-state index contributed by atoms with van der Waals surface area (Å²) in [5.41, 5.74) is 4.69. The highest BCUT2D eigenvalue weighted by atomic mass is 15.1. The van der Waals surface area contributed by atoms with E-state index in [4.69, 9.17) is 0 Å². The second-order valence-corrected chi connectivity index (χ2v) is 5.05. The first-order valence-electron chi connectivity index (χ1n) is 7.05. The Morgan fingerprint density at radius 1 is 1.05 bits per heavy atom. The number of hydrogen-bond acceptors (Lipinski definition) is 3. The van der Waals surface area contributed by atoms with Gasteiger partial charge in [0.05, 0.1) is 0 Å². The maximum atomic E-state index is 4.15. The van der Waals surface area contributed by atoms with Crippen LogP contribution in [0.4, 0.5) is 0 Å². The van der Waals surface area contributed by atoms with Crippen LogP contribution in [0.25, 0.3) is 11.1 Å². The number of benzene rings is 1. The molecule has 3 aromatic rings. The van der Waals surface area contributed by atoms with Gasteiger partial charge in [-0.3, -0.25) is 10.1 Å². The molecule has 106 valence electrons. The summed E-state index contributed by atoms with van der Waals surface area (Å²) in [6.45, 7) is 2.95. The van der Waals surface area contributed by atoms with E-state index in [0.717, 1.165) is 17.8 Å². The standard InChI is InChI=1S/C17H18N4/c1-13(19-12-17-8-10-20-21-17)14-4-6-15(7-5-14)16-3-2-9-18-11-16/h2-11,13,19H,12H2,1H3,(H,20,21)/t13-/m1/s1. The van der Waals surface area contributed by atoms with E-state index in [0.29, 0.717) is 0 Å². The number of rotatable bonds is 5. The molecular weight excluding hydrogens is 260 g/mol. The van der Waals surface area contributed by atoms with E-state index in [9.17, 15) is 0 Å². The quantitative estimate of drug-likeness (QED) is 0.752. The predicted molar refractivity (Wildman–Crippen MR) is 83.5 cm³/mol. The first-order chi connectivity index (χ1) is 10.3. The molecule has 0 aliphatic carbocycles. The molecule has 2 heterocycles. The van der Waals surface area contributed by atoms with Crippen LogP contribution in [0.1, 0.15) is 24.2 Å². The summed E-state index contributed by atoms with van der Waals surface area (Å²) in [4.78, 5) is 4.15. The van der Waals surface area contributed by atoms with Crippen LogP contribution < -0.4 is 5.32 Å². The van der Waals surface area contributed by atoms with E-state index >= 15 is 0 Å². The lowest BCUT2D eigenvalue weighted by Crippen LogP contribution is -2.18. The van der Waals surface area contributed by atoms with Gasteiger partial charge >= 0.3 is 0 Å². The Morgan fingerprint density at radius 2 is 1.90 bits per heavy atom. The summed E-state index contributed by atoms with van der Waals surface area (Å²) in [6, 6.07) is 14.9. The minimum absolute atomic E-state index is 0.288. The number of nitrogens with zero attached hydrogens (tertiary/aromatic N) is 2. The molecule has 0 bridgehead atoms. The molecule has 0 fully saturated rings. The summed E-state index contributed by atoms with van der Waals surface area (Å²) < 4.78 is 0. The van der Waals surface area contributed by atoms with Gasteiger partial charge in [0.25, 0.3) is 0 Å². The molecular formula is C17H18N4. The maximum absolute atomic E-state index is 4.15. The molecule has 1 atom stereocenters. The van der Waals surface area contributed by atoms with E-state index < -0.39 is 0 Å². The van der Waals surface area contributed by atoms with Crippen molar-refractivity contribution in [3.8, 4) is 11.1 Å². The number of aromatic amines is 1. The van der Waals surface area contributed by atoms with Crippen molar-refractivity contribution in [1.29, 1.82) is 0 Å². The molecule has 0 saturated carbocycles. The first kappa shape index (κ1) is 13.5. The fourth-order valence-electron chi connectivity index (χ4n) is 2.26. The van der Waals surface area contributed by atoms with Gasteiger partial charge in [0.15, 0.2) is 0 Å². The van der Waals surface area contributed by atoms with Crippen molar-refractivity contribution in [3.63, 3.8) is 0 Å². The average Bonchev–Trinajstić information content (AvgIpc) is 3.07. The second-order valence-electron chi connectivity index (χ2n) is 5.05. The third-order valence-electron chi connectivity index (χ3n) is 3.56. The Hall–Kier alpha value is -2.46. The Morgan fingerprint density at radius 3 is 2.57 bits per heavy atom. The van der Waals surface area contributed by atoms with Gasteiger partial charge in [-0.2, -0.15) is 5.10 Å². The van der Waals surface area contributed by atoms with E-state index in [1.807, 2.05) is 18.3 Å². The Balaban J connectivity index is 1.66. The summed E-state index contributed by atoms with van der Waals surface area (Å²) in [7, 11) is 0. The van der Waals surface area contributed by atoms with E-state index in [2.05, 4.69) is 57.8 Å². The molecule has 3 rings (SSSR count). The van der Waals surface area contributed by atoms with Gasteiger partial charge in [0.2, 0.25) is 0 Å². The zero-order valence-corrected chi connectivity index (χ0v) is 12.0. The van der Waals surface area contributed by atoms with E-state index in [1.54, 1.807) is 12.4 Å². The van der Waals surface area contributed by atoms with Gasteiger partial charge in [-0.1, -0.05) is 30.3 Å². The molecule has 0 spiro atoms. The number of nitrogens with one attached hydrogen (secondary N) is 2. The molecule has 4 heteroatoms. The van der Waals surface area contributed by atoms with Gasteiger partial charge in [0, 0.05) is 36.9 Å². The lowest BCUT2D eigenvalue weighted by molar-refractivity contribution is 0.567. The van der Waals surface area contributed by atoms with Crippen molar-refractivity contribution in [1.82, 2.24) is 20.5 Å². The van der Waals surface area contributed by atoms with Crippen LogP contribution in [0, 0.1) is 0 Å². The smallest absolute Gasteiger partial charge is 0.0490 e. The van der Waals surface area contributed by atoms with Crippen LogP contribution in [0.2, 0.25) is 0 Å². The highest BCUT2D eigenvalue weighted by molar-refractivity contribution is 5.62. The van der Waals surface area contributed by atoms with Crippen molar-refractivity contribution in [2.24, 2.45) is 0 Å². The molecule has 1 aromatic carbocycles. The molecule has 0 unspecified atom stereocenters. The first-order valence-corrected chi connectivity index (χ1v) is 7.05.